The van der Waals surface area contributed by atoms with Gasteiger partial charge in [-0.25, -0.2) is 0 Å². The molecular weight excluding hydrogens is 226 g/mol. The molecule has 0 atom stereocenters. The molecule has 0 heterocycles. The lowest BCUT2D eigenvalue weighted by Crippen LogP contribution is -2.02. The summed E-state index contributed by atoms with van der Waals surface area (Å²) in [4.78, 5) is 14.1. The Hall–Kier alpha value is -1.80. The van der Waals surface area contributed by atoms with Crippen molar-refractivity contribution in [2.24, 2.45) is 5.11 Å². The van der Waals surface area contributed by atoms with Crippen molar-refractivity contribution in [2.45, 2.75) is 39.0 Å². The Kier molecular flexibility index (Phi) is 6.59. The molecule has 18 heavy (non-hydrogen) atoms. The molecule has 0 saturated carbocycles. The molecule has 0 amide bonds. The predicted molar refractivity (Wildman–Crippen MR) is 72.6 cm³/mol. The lowest BCUT2D eigenvalue weighted by molar-refractivity contribution is 0.100. The number of carbonyl (C=O) groups excluding carboxylic acids is 1. The van der Waals surface area contributed by atoms with E-state index in [-0.39, 0.29) is 12.3 Å². The van der Waals surface area contributed by atoms with Crippen molar-refractivity contribution < 1.29 is 4.79 Å². The topological polar surface area (TPSA) is 65.8 Å². The highest BCUT2D eigenvalue weighted by atomic mass is 16.1. The molecule has 0 saturated heterocycles. The van der Waals surface area contributed by atoms with Crippen LogP contribution in [0.15, 0.2) is 29.4 Å². The van der Waals surface area contributed by atoms with Crippen LogP contribution >= 0.6 is 0 Å². The van der Waals surface area contributed by atoms with E-state index in [4.69, 9.17) is 5.53 Å². The number of aryl methyl sites for hydroxylation is 1. The predicted octanol–water partition coefficient (Wildman–Crippen LogP) is 4.30. The van der Waals surface area contributed by atoms with Crippen LogP contribution in [0.1, 0.15) is 48.5 Å². The van der Waals surface area contributed by atoms with Crippen molar-refractivity contribution in [1.29, 1.82) is 0 Å². The number of benzene rings is 1. The number of hydrogen-bond donors (Lipinski definition) is 0. The molecular formula is C14H19N3O. The number of carbonyl (C=O) groups is 1. The van der Waals surface area contributed by atoms with Gasteiger partial charge < -0.3 is 0 Å². The van der Waals surface area contributed by atoms with Gasteiger partial charge in [0.25, 0.3) is 0 Å². The van der Waals surface area contributed by atoms with E-state index >= 15 is 0 Å². The standard InChI is InChI=1S/C14H19N3O/c1-2-3-4-5-6-12-7-9-13(10-8-12)14(18)11-16-17-15/h7-10H,2-6,11H2,1H3. The third-order valence-corrected chi connectivity index (χ3v) is 2.87. The SMILES string of the molecule is CCCCCCc1ccc(C(=O)CN=[N+]=[N-])cc1. The maximum atomic E-state index is 11.5. The maximum Gasteiger partial charge on any atom is 0.168 e. The van der Waals surface area contributed by atoms with Gasteiger partial charge in [0, 0.05) is 10.5 Å². The molecule has 0 bridgehead atoms. The average molecular weight is 245 g/mol. The zero-order chi connectivity index (χ0) is 13.2. The number of rotatable bonds is 8. The molecule has 4 nitrogen and oxygen atoms in total. The summed E-state index contributed by atoms with van der Waals surface area (Å²) >= 11 is 0. The summed E-state index contributed by atoms with van der Waals surface area (Å²) in [7, 11) is 0. The fraction of sp³-hybridized carbons (Fsp3) is 0.500. The van der Waals surface area contributed by atoms with Gasteiger partial charge >= 0.3 is 0 Å². The molecule has 4 heteroatoms. The van der Waals surface area contributed by atoms with Crippen LogP contribution in [0.2, 0.25) is 0 Å². The van der Waals surface area contributed by atoms with Crippen LogP contribution < -0.4 is 0 Å². The van der Waals surface area contributed by atoms with Crippen molar-refractivity contribution >= 4 is 5.78 Å². The first kappa shape index (κ1) is 14.3. The number of unbranched alkanes of at least 4 members (excludes halogenated alkanes) is 3. The summed E-state index contributed by atoms with van der Waals surface area (Å²) in [5.74, 6) is -0.134. The highest BCUT2D eigenvalue weighted by Gasteiger charge is 2.03. The first-order chi connectivity index (χ1) is 8.77. The van der Waals surface area contributed by atoms with Crippen LogP contribution in [0.25, 0.3) is 10.4 Å². The summed E-state index contributed by atoms with van der Waals surface area (Å²) < 4.78 is 0. The number of nitrogens with zero attached hydrogens (tertiary/aromatic N) is 3. The van der Waals surface area contributed by atoms with Crippen molar-refractivity contribution in [3.8, 4) is 0 Å². The van der Waals surface area contributed by atoms with Crippen LogP contribution in [0.4, 0.5) is 0 Å². The van der Waals surface area contributed by atoms with Crippen LogP contribution in [0, 0.1) is 0 Å². The number of ketones is 1. The normalized spacial score (nSPS) is 9.83. The van der Waals surface area contributed by atoms with Gasteiger partial charge in [-0.2, -0.15) is 0 Å². The zero-order valence-electron chi connectivity index (χ0n) is 10.8. The monoisotopic (exact) mass is 245 g/mol. The van der Waals surface area contributed by atoms with Crippen molar-refractivity contribution in [2.75, 3.05) is 6.54 Å². The van der Waals surface area contributed by atoms with Gasteiger partial charge in [0.05, 0.1) is 6.54 Å². The smallest absolute Gasteiger partial charge is 0.168 e. The van der Waals surface area contributed by atoms with Crippen molar-refractivity contribution in [3.63, 3.8) is 0 Å². The lowest BCUT2D eigenvalue weighted by atomic mass is 10.0. The zero-order valence-corrected chi connectivity index (χ0v) is 10.8. The molecule has 0 unspecified atom stereocenters. The summed E-state index contributed by atoms with van der Waals surface area (Å²) in [6, 6.07) is 7.58. The summed E-state index contributed by atoms with van der Waals surface area (Å²) in [5, 5.41) is 3.27. The van der Waals surface area contributed by atoms with E-state index in [1.54, 1.807) is 0 Å². The molecule has 0 aromatic heterocycles. The van der Waals surface area contributed by atoms with Crippen LogP contribution in [-0.4, -0.2) is 12.3 Å². The minimum absolute atomic E-state index is 0.105. The molecule has 1 aromatic carbocycles. The Balaban J connectivity index is 2.46. The highest BCUT2D eigenvalue weighted by Crippen LogP contribution is 2.10. The van der Waals surface area contributed by atoms with Crippen molar-refractivity contribution in [3.05, 3.63) is 45.8 Å². The van der Waals surface area contributed by atoms with Gasteiger partial charge in [-0.05, 0) is 23.9 Å². The molecule has 0 aliphatic carbocycles. The highest BCUT2D eigenvalue weighted by molar-refractivity contribution is 5.97. The van der Waals surface area contributed by atoms with Gasteiger partial charge in [-0.15, -0.1) is 0 Å². The van der Waals surface area contributed by atoms with E-state index in [1.165, 1.54) is 31.2 Å². The van der Waals surface area contributed by atoms with E-state index in [1.807, 2.05) is 24.3 Å². The molecule has 0 N–H and O–H groups in total. The van der Waals surface area contributed by atoms with E-state index in [9.17, 15) is 4.79 Å². The van der Waals surface area contributed by atoms with Crippen molar-refractivity contribution in [1.82, 2.24) is 0 Å². The lowest BCUT2D eigenvalue weighted by Gasteiger charge is -2.02. The van der Waals surface area contributed by atoms with Crippen LogP contribution in [0.3, 0.4) is 0 Å². The first-order valence-electron chi connectivity index (χ1n) is 6.41. The number of azide groups is 1. The third-order valence-electron chi connectivity index (χ3n) is 2.87. The minimum Gasteiger partial charge on any atom is -0.294 e. The first-order valence-corrected chi connectivity index (χ1v) is 6.41. The Labute approximate surface area is 108 Å². The molecule has 0 fully saturated rings. The second-order valence-corrected chi connectivity index (χ2v) is 4.32. The Morgan fingerprint density at radius 3 is 2.56 bits per heavy atom. The van der Waals surface area contributed by atoms with Gasteiger partial charge in [-0.1, -0.05) is 55.6 Å². The average Bonchev–Trinajstić information content (AvgIpc) is 2.41. The Morgan fingerprint density at radius 1 is 1.22 bits per heavy atom. The fourth-order valence-electron chi connectivity index (χ4n) is 1.80. The van der Waals surface area contributed by atoms with E-state index in [0.29, 0.717) is 5.56 Å². The maximum absolute atomic E-state index is 11.5. The molecule has 1 rings (SSSR count). The van der Waals surface area contributed by atoms with Gasteiger partial charge in [-0.3, -0.25) is 4.79 Å². The quantitative estimate of drug-likeness (QED) is 0.221. The number of Topliss-reactive ketones (excluding diaryl/α,β-unsaturated/α-hetero) is 1. The summed E-state index contributed by atoms with van der Waals surface area (Å²) in [6.45, 7) is 2.09. The second kappa shape index (κ2) is 8.31. The van der Waals surface area contributed by atoms with Gasteiger partial charge in [0.2, 0.25) is 0 Å². The Morgan fingerprint density at radius 2 is 1.94 bits per heavy atom. The summed E-state index contributed by atoms with van der Waals surface area (Å²) in [6.07, 6.45) is 6.04. The van der Waals surface area contributed by atoms with Crippen LogP contribution in [-0.2, 0) is 6.42 Å². The van der Waals surface area contributed by atoms with E-state index in [0.717, 1.165) is 6.42 Å². The van der Waals surface area contributed by atoms with Gasteiger partial charge in [0.15, 0.2) is 5.78 Å². The molecule has 1 aromatic rings. The van der Waals surface area contributed by atoms with Crippen LogP contribution in [0.5, 0.6) is 0 Å². The molecule has 96 valence electrons. The minimum atomic E-state index is -0.134. The second-order valence-electron chi connectivity index (χ2n) is 4.32. The molecule has 0 aliphatic heterocycles. The van der Waals surface area contributed by atoms with Gasteiger partial charge in [0.1, 0.15) is 0 Å². The fourth-order valence-corrected chi connectivity index (χ4v) is 1.80. The summed E-state index contributed by atoms with van der Waals surface area (Å²) in [5.41, 5.74) is 10.0. The largest absolute Gasteiger partial charge is 0.294 e. The molecule has 0 aliphatic rings. The molecule has 0 radical (unpaired) electrons. The Bertz CT molecular complexity index is 419. The number of hydrogen-bond acceptors (Lipinski definition) is 2. The van der Waals surface area contributed by atoms with E-state index in [2.05, 4.69) is 16.9 Å². The molecule has 0 spiro atoms. The third kappa shape index (κ3) is 5.02. The van der Waals surface area contributed by atoms with E-state index < -0.39 is 0 Å².